The third-order valence-electron chi connectivity index (χ3n) is 5.16. The summed E-state index contributed by atoms with van der Waals surface area (Å²) in [6.45, 7) is 4.73. The van der Waals surface area contributed by atoms with E-state index in [0.717, 1.165) is 41.0 Å². The molecule has 2 aromatic carbocycles. The number of carbonyl (C=O) groups is 1. The predicted octanol–water partition coefficient (Wildman–Crippen LogP) is 4.13. The molecule has 0 saturated heterocycles. The lowest BCUT2D eigenvalue weighted by atomic mass is 10.0. The fourth-order valence-electron chi connectivity index (χ4n) is 3.76. The summed E-state index contributed by atoms with van der Waals surface area (Å²) in [6.07, 6.45) is 0.795. The number of nitrogens with zero attached hydrogens (tertiary/aromatic N) is 1. The van der Waals surface area contributed by atoms with E-state index in [4.69, 9.17) is 15.2 Å². The molecule has 5 nitrogen and oxygen atoms in total. The average molecular weight is 378 g/mol. The van der Waals surface area contributed by atoms with Gasteiger partial charge in [-0.15, -0.1) is 0 Å². The van der Waals surface area contributed by atoms with Crippen molar-refractivity contribution in [3.05, 3.63) is 71.0 Å². The van der Waals surface area contributed by atoms with E-state index in [1.165, 1.54) is 0 Å². The van der Waals surface area contributed by atoms with Gasteiger partial charge in [-0.2, -0.15) is 0 Å². The van der Waals surface area contributed by atoms with Crippen LogP contribution in [-0.4, -0.2) is 24.7 Å². The predicted molar refractivity (Wildman–Crippen MR) is 111 cm³/mol. The van der Waals surface area contributed by atoms with Gasteiger partial charge in [0.15, 0.2) is 11.5 Å². The Labute approximate surface area is 165 Å². The summed E-state index contributed by atoms with van der Waals surface area (Å²) >= 11 is 0. The molecular formula is C23H26N2O3. The van der Waals surface area contributed by atoms with E-state index in [1.54, 1.807) is 14.2 Å². The molecule has 1 amide bonds. The van der Waals surface area contributed by atoms with Crippen molar-refractivity contribution in [1.29, 1.82) is 0 Å². The van der Waals surface area contributed by atoms with Crippen molar-refractivity contribution in [2.75, 3.05) is 14.2 Å². The Morgan fingerprint density at radius 1 is 0.964 bits per heavy atom. The van der Waals surface area contributed by atoms with Crippen molar-refractivity contribution >= 4 is 5.91 Å². The van der Waals surface area contributed by atoms with Crippen molar-refractivity contribution in [2.24, 2.45) is 5.73 Å². The lowest BCUT2D eigenvalue weighted by molar-refractivity contribution is 0.1000. The number of hydrogen-bond donors (Lipinski definition) is 1. The fraction of sp³-hybridized carbons (Fsp3) is 0.261. The van der Waals surface area contributed by atoms with E-state index in [-0.39, 0.29) is 0 Å². The number of amides is 1. The Morgan fingerprint density at radius 2 is 1.64 bits per heavy atom. The Kier molecular flexibility index (Phi) is 5.73. The maximum absolute atomic E-state index is 12.2. The first-order valence-electron chi connectivity index (χ1n) is 9.23. The molecule has 0 aliphatic rings. The smallest absolute Gasteiger partial charge is 0.251 e. The summed E-state index contributed by atoms with van der Waals surface area (Å²) in [5.74, 6) is 1.02. The number of nitrogens with two attached hydrogens (primary N) is 1. The van der Waals surface area contributed by atoms with Crippen molar-refractivity contribution in [3.63, 3.8) is 0 Å². The minimum Gasteiger partial charge on any atom is -0.493 e. The second-order valence-corrected chi connectivity index (χ2v) is 6.74. The van der Waals surface area contributed by atoms with Gasteiger partial charge in [0, 0.05) is 23.5 Å². The van der Waals surface area contributed by atoms with Crippen LogP contribution in [0.5, 0.6) is 11.5 Å². The Balaban J connectivity index is 1.96. The monoisotopic (exact) mass is 378 g/mol. The van der Waals surface area contributed by atoms with Crippen molar-refractivity contribution in [1.82, 2.24) is 4.57 Å². The van der Waals surface area contributed by atoms with Gasteiger partial charge in [0.1, 0.15) is 0 Å². The number of primary amides is 1. The second kappa shape index (κ2) is 8.21. The quantitative estimate of drug-likeness (QED) is 0.672. The zero-order valence-electron chi connectivity index (χ0n) is 16.8. The van der Waals surface area contributed by atoms with Crippen LogP contribution in [0.4, 0.5) is 0 Å². The van der Waals surface area contributed by atoms with Gasteiger partial charge < -0.3 is 19.8 Å². The highest BCUT2D eigenvalue weighted by molar-refractivity contribution is 6.02. The van der Waals surface area contributed by atoms with Gasteiger partial charge in [0.05, 0.1) is 19.8 Å². The minimum atomic E-state index is -0.399. The van der Waals surface area contributed by atoms with Gasteiger partial charge >= 0.3 is 0 Å². The van der Waals surface area contributed by atoms with Gasteiger partial charge in [-0.05, 0) is 43.5 Å². The van der Waals surface area contributed by atoms with Crippen molar-refractivity contribution in [2.45, 2.75) is 26.8 Å². The molecule has 0 spiro atoms. The molecule has 0 aliphatic heterocycles. The van der Waals surface area contributed by atoms with Gasteiger partial charge in [-0.3, -0.25) is 4.79 Å². The van der Waals surface area contributed by atoms with E-state index in [2.05, 4.69) is 4.57 Å². The topological polar surface area (TPSA) is 66.5 Å². The number of rotatable bonds is 7. The third kappa shape index (κ3) is 3.60. The Bertz CT molecular complexity index is 991. The van der Waals surface area contributed by atoms with Crippen LogP contribution >= 0.6 is 0 Å². The van der Waals surface area contributed by atoms with Gasteiger partial charge in [0.25, 0.3) is 5.91 Å². The first kappa shape index (κ1) is 19.5. The normalized spacial score (nSPS) is 10.7. The van der Waals surface area contributed by atoms with Crippen molar-refractivity contribution < 1.29 is 14.3 Å². The molecule has 0 radical (unpaired) electrons. The number of ether oxygens (including phenoxy) is 2. The number of aromatic nitrogens is 1. The molecule has 28 heavy (non-hydrogen) atoms. The first-order valence-corrected chi connectivity index (χ1v) is 9.23. The molecule has 0 fully saturated rings. The molecule has 1 aromatic heterocycles. The third-order valence-corrected chi connectivity index (χ3v) is 5.16. The highest BCUT2D eigenvalue weighted by Crippen LogP contribution is 2.33. The molecule has 0 bridgehead atoms. The standard InChI is InChI=1S/C23H26N2O3/c1-15-21(18-8-6-5-7-9-18)22(23(24)26)16(2)25(15)13-12-17-10-11-19(27-3)20(14-17)28-4/h5-11,14H,12-13H2,1-4H3,(H2,24,26). The van der Waals surface area contributed by atoms with Crippen LogP contribution in [0.3, 0.4) is 0 Å². The lowest BCUT2D eigenvalue weighted by Crippen LogP contribution is -2.13. The van der Waals surface area contributed by atoms with E-state index in [1.807, 2.05) is 62.4 Å². The molecule has 2 N–H and O–H groups in total. The summed E-state index contributed by atoms with van der Waals surface area (Å²) in [5, 5.41) is 0. The lowest BCUT2D eigenvalue weighted by Gasteiger charge is -2.12. The molecule has 1 heterocycles. The largest absolute Gasteiger partial charge is 0.493 e. The second-order valence-electron chi connectivity index (χ2n) is 6.74. The zero-order valence-corrected chi connectivity index (χ0v) is 16.8. The van der Waals surface area contributed by atoms with Gasteiger partial charge in [-0.1, -0.05) is 36.4 Å². The SMILES string of the molecule is COc1ccc(CCn2c(C)c(C(N)=O)c(-c3ccccc3)c2C)cc1OC. The summed E-state index contributed by atoms with van der Waals surface area (Å²) in [4.78, 5) is 12.2. The highest BCUT2D eigenvalue weighted by atomic mass is 16.5. The number of aryl methyl sites for hydroxylation is 1. The Morgan fingerprint density at radius 3 is 2.25 bits per heavy atom. The molecule has 3 rings (SSSR count). The first-order chi connectivity index (χ1) is 13.5. The maximum atomic E-state index is 12.2. The van der Waals surface area contributed by atoms with Crippen LogP contribution in [0.25, 0.3) is 11.1 Å². The Hall–Kier alpha value is -3.21. The molecule has 5 heteroatoms. The molecule has 3 aromatic rings. The molecular weight excluding hydrogens is 352 g/mol. The van der Waals surface area contributed by atoms with Crippen LogP contribution in [0.1, 0.15) is 27.3 Å². The molecule has 0 saturated carbocycles. The number of benzene rings is 2. The average Bonchev–Trinajstić information content (AvgIpc) is 2.96. The molecule has 0 aliphatic carbocycles. The molecule has 146 valence electrons. The number of methoxy groups -OCH3 is 2. The van der Waals surface area contributed by atoms with Gasteiger partial charge in [-0.25, -0.2) is 0 Å². The van der Waals surface area contributed by atoms with Crippen LogP contribution in [0, 0.1) is 13.8 Å². The molecule has 0 unspecified atom stereocenters. The van der Waals surface area contributed by atoms with E-state index < -0.39 is 5.91 Å². The summed E-state index contributed by atoms with van der Waals surface area (Å²) in [6, 6.07) is 15.8. The van der Waals surface area contributed by atoms with E-state index in [9.17, 15) is 4.79 Å². The maximum Gasteiger partial charge on any atom is 0.251 e. The number of carbonyl (C=O) groups excluding carboxylic acids is 1. The fourth-order valence-corrected chi connectivity index (χ4v) is 3.76. The zero-order chi connectivity index (χ0) is 20.3. The van der Waals surface area contributed by atoms with Crippen molar-refractivity contribution in [3.8, 4) is 22.6 Å². The number of hydrogen-bond acceptors (Lipinski definition) is 3. The van der Waals surface area contributed by atoms with Gasteiger partial charge in [0.2, 0.25) is 0 Å². The highest BCUT2D eigenvalue weighted by Gasteiger charge is 2.22. The van der Waals surface area contributed by atoms with E-state index in [0.29, 0.717) is 17.1 Å². The van der Waals surface area contributed by atoms with E-state index >= 15 is 0 Å². The summed E-state index contributed by atoms with van der Waals surface area (Å²) in [5.41, 5.74) is 11.3. The summed E-state index contributed by atoms with van der Waals surface area (Å²) in [7, 11) is 3.26. The summed E-state index contributed by atoms with van der Waals surface area (Å²) < 4.78 is 12.9. The van der Waals surface area contributed by atoms with Crippen LogP contribution in [0.2, 0.25) is 0 Å². The minimum absolute atomic E-state index is 0.399. The van der Waals surface area contributed by atoms with Crippen LogP contribution in [0.15, 0.2) is 48.5 Å². The van der Waals surface area contributed by atoms with Crippen LogP contribution < -0.4 is 15.2 Å². The molecule has 0 atom stereocenters. The van der Waals surface area contributed by atoms with Crippen LogP contribution in [-0.2, 0) is 13.0 Å².